The van der Waals surface area contributed by atoms with E-state index >= 15 is 0 Å². The minimum Gasteiger partial charge on any atom is -0.481 e. The Kier molecular flexibility index (Phi) is 4.83. The first-order chi connectivity index (χ1) is 11.5. The van der Waals surface area contributed by atoms with Crippen LogP contribution in [0.4, 0.5) is 8.78 Å². The summed E-state index contributed by atoms with van der Waals surface area (Å²) in [6.45, 7) is 1.30. The lowest BCUT2D eigenvalue weighted by molar-refractivity contribution is -0.137. The molecule has 1 aliphatic carbocycles. The number of likely N-dealkylation sites (tertiary alicyclic amines) is 1. The third kappa shape index (κ3) is 3.74. The molecular formula is C18H21F2NO3. The van der Waals surface area contributed by atoms with Crippen LogP contribution in [0, 0.1) is 23.5 Å². The van der Waals surface area contributed by atoms with E-state index in [9.17, 15) is 18.4 Å². The van der Waals surface area contributed by atoms with Gasteiger partial charge in [-0.05, 0) is 55.2 Å². The number of piperidine rings is 1. The van der Waals surface area contributed by atoms with Crippen molar-refractivity contribution in [1.82, 2.24) is 4.90 Å². The van der Waals surface area contributed by atoms with Gasteiger partial charge in [-0.25, -0.2) is 8.78 Å². The molecule has 6 heteroatoms. The first kappa shape index (κ1) is 16.9. The molecule has 3 rings (SSSR count). The van der Waals surface area contributed by atoms with Crippen LogP contribution in [0.15, 0.2) is 18.2 Å². The summed E-state index contributed by atoms with van der Waals surface area (Å²) in [5.74, 6) is -2.46. The van der Waals surface area contributed by atoms with Crippen molar-refractivity contribution in [3.63, 3.8) is 0 Å². The number of carbonyl (C=O) groups excluding carboxylic acids is 1. The van der Waals surface area contributed by atoms with Crippen molar-refractivity contribution in [3.05, 3.63) is 35.4 Å². The maximum atomic E-state index is 13.3. The Labute approximate surface area is 139 Å². The fraction of sp³-hybridized carbons (Fsp3) is 0.556. The van der Waals surface area contributed by atoms with Gasteiger partial charge in [0, 0.05) is 25.4 Å². The monoisotopic (exact) mass is 337 g/mol. The van der Waals surface area contributed by atoms with E-state index in [1.54, 1.807) is 6.07 Å². The molecular weight excluding hydrogens is 316 g/mol. The summed E-state index contributed by atoms with van der Waals surface area (Å²) in [5, 5.41) is 8.78. The van der Waals surface area contributed by atoms with Gasteiger partial charge < -0.3 is 10.0 Å². The molecule has 0 radical (unpaired) electrons. The van der Waals surface area contributed by atoms with Gasteiger partial charge in [-0.1, -0.05) is 6.07 Å². The van der Waals surface area contributed by atoms with Gasteiger partial charge in [0.1, 0.15) is 0 Å². The second-order valence-electron chi connectivity index (χ2n) is 6.85. The van der Waals surface area contributed by atoms with Crippen molar-refractivity contribution in [2.75, 3.05) is 13.1 Å². The Balaban J connectivity index is 1.57. The second-order valence-corrected chi connectivity index (χ2v) is 6.85. The standard InChI is InChI=1S/C18H21F2NO3/c19-15-5-4-12(8-16(15)20)13-9-14(13)18(24)21-7-1-2-11(10-21)3-6-17(22)23/h4-5,8,11,13-14H,1-3,6-7,9-10H2,(H,22,23)/t11-,13+,14+/m0/s1. The van der Waals surface area contributed by atoms with Crippen molar-refractivity contribution in [2.24, 2.45) is 11.8 Å². The van der Waals surface area contributed by atoms with Gasteiger partial charge in [-0.2, -0.15) is 0 Å². The van der Waals surface area contributed by atoms with E-state index in [4.69, 9.17) is 5.11 Å². The van der Waals surface area contributed by atoms with Gasteiger partial charge in [0.15, 0.2) is 11.6 Å². The molecule has 1 amide bonds. The van der Waals surface area contributed by atoms with Crippen LogP contribution in [0.3, 0.4) is 0 Å². The highest BCUT2D eigenvalue weighted by atomic mass is 19.2. The lowest BCUT2D eigenvalue weighted by Gasteiger charge is -2.33. The largest absolute Gasteiger partial charge is 0.481 e. The fourth-order valence-electron chi connectivity index (χ4n) is 3.64. The molecule has 2 aliphatic rings. The predicted molar refractivity (Wildman–Crippen MR) is 83.4 cm³/mol. The summed E-state index contributed by atoms with van der Waals surface area (Å²) in [7, 11) is 0. The highest BCUT2D eigenvalue weighted by molar-refractivity contribution is 5.83. The quantitative estimate of drug-likeness (QED) is 0.898. The molecule has 1 aromatic rings. The van der Waals surface area contributed by atoms with Crippen LogP contribution in [0.5, 0.6) is 0 Å². The SMILES string of the molecule is O=C(O)CC[C@@H]1CCCN(C(=O)[C@@H]2C[C@@H]2c2ccc(F)c(F)c2)C1. The number of rotatable bonds is 5. The molecule has 1 N–H and O–H groups in total. The van der Waals surface area contributed by atoms with Crippen LogP contribution in [0.25, 0.3) is 0 Å². The summed E-state index contributed by atoms with van der Waals surface area (Å²) < 4.78 is 26.3. The summed E-state index contributed by atoms with van der Waals surface area (Å²) in [4.78, 5) is 25.1. The number of carboxylic acids is 1. The number of hydrogen-bond donors (Lipinski definition) is 1. The van der Waals surface area contributed by atoms with E-state index in [1.807, 2.05) is 4.90 Å². The van der Waals surface area contributed by atoms with E-state index in [-0.39, 0.29) is 30.1 Å². The van der Waals surface area contributed by atoms with Crippen molar-refractivity contribution in [3.8, 4) is 0 Å². The van der Waals surface area contributed by atoms with Gasteiger partial charge >= 0.3 is 5.97 Å². The van der Waals surface area contributed by atoms with Crippen molar-refractivity contribution in [2.45, 2.75) is 38.0 Å². The van der Waals surface area contributed by atoms with Crippen LogP contribution >= 0.6 is 0 Å². The van der Waals surface area contributed by atoms with E-state index in [0.717, 1.165) is 18.9 Å². The van der Waals surface area contributed by atoms with Crippen LogP contribution in [0.2, 0.25) is 0 Å². The minimum atomic E-state index is -0.877. The molecule has 1 aromatic carbocycles. The fourth-order valence-corrected chi connectivity index (χ4v) is 3.64. The third-order valence-corrected chi connectivity index (χ3v) is 5.08. The van der Waals surface area contributed by atoms with Crippen LogP contribution < -0.4 is 0 Å². The van der Waals surface area contributed by atoms with E-state index in [0.29, 0.717) is 31.5 Å². The number of nitrogens with zero attached hydrogens (tertiary/aromatic N) is 1. The van der Waals surface area contributed by atoms with E-state index in [1.165, 1.54) is 6.07 Å². The zero-order chi connectivity index (χ0) is 17.3. The number of carboxylic acid groups (broad SMARTS) is 1. The molecule has 0 bridgehead atoms. The summed E-state index contributed by atoms with van der Waals surface area (Å²) in [6, 6.07) is 3.83. The van der Waals surface area contributed by atoms with Crippen molar-refractivity contribution in [1.29, 1.82) is 0 Å². The van der Waals surface area contributed by atoms with Gasteiger partial charge in [-0.15, -0.1) is 0 Å². The molecule has 24 heavy (non-hydrogen) atoms. The normalized spacial score (nSPS) is 26.2. The Hall–Kier alpha value is -1.98. The van der Waals surface area contributed by atoms with Crippen LogP contribution in [0.1, 0.15) is 43.6 Å². The molecule has 1 heterocycles. The Morgan fingerprint density at radius 3 is 2.75 bits per heavy atom. The summed E-state index contributed by atoms with van der Waals surface area (Å²) in [6.07, 6.45) is 3.23. The highest BCUT2D eigenvalue weighted by Gasteiger charge is 2.46. The molecule has 1 saturated carbocycles. The lowest BCUT2D eigenvalue weighted by Crippen LogP contribution is -2.41. The minimum absolute atomic E-state index is 0.0352. The molecule has 130 valence electrons. The first-order valence-electron chi connectivity index (χ1n) is 8.41. The summed E-state index contributed by atoms with van der Waals surface area (Å²) >= 11 is 0. The van der Waals surface area contributed by atoms with Gasteiger partial charge in [0.05, 0.1) is 0 Å². The second kappa shape index (κ2) is 6.87. The molecule has 0 unspecified atom stereocenters. The molecule has 0 spiro atoms. The number of benzene rings is 1. The third-order valence-electron chi connectivity index (χ3n) is 5.08. The molecule has 4 nitrogen and oxygen atoms in total. The molecule has 0 aromatic heterocycles. The van der Waals surface area contributed by atoms with Crippen molar-refractivity contribution < 1.29 is 23.5 Å². The average Bonchev–Trinajstić information content (AvgIpc) is 3.35. The predicted octanol–water partition coefficient (Wildman–Crippen LogP) is 3.17. The van der Waals surface area contributed by atoms with Crippen LogP contribution in [-0.4, -0.2) is 35.0 Å². The van der Waals surface area contributed by atoms with Gasteiger partial charge in [0.25, 0.3) is 0 Å². The van der Waals surface area contributed by atoms with E-state index in [2.05, 4.69) is 0 Å². The molecule has 1 aliphatic heterocycles. The molecule has 1 saturated heterocycles. The first-order valence-corrected chi connectivity index (χ1v) is 8.41. The molecule has 3 atom stereocenters. The molecule has 2 fully saturated rings. The zero-order valence-corrected chi connectivity index (χ0v) is 13.4. The van der Waals surface area contributed by atoms with Crippen molar-refractivity contribution >= 4 is 11.9 Å². The van der Waals surface area contributed by atoms with Crippen LogP contribution in [-0.2, 0) is 9.59 Å². The average molecular weight is 337 g/mol. The maximum absolute atomic E-state index is 13.3. The number of halogens is 2. The van der Waals surface area contributed by atoms with E-state index < -0.39 is 17.6 Å². The highest BCUT2D eigenvalue weighted by Crippen LogP contribution is 2.49. The Bertz CT molecular complexity index is 649. The Morgan fingerprint density at radius 1 is 1.25 bits per heavy atom. The zero-order valence-electron chi connectivity index (χ0n) is 13.4. The number of hydrogen-bond acceptors (Lipinski definition) is 2. The maximum Gasteiger partial charge on any atom is 0.303 e. The summed E-state index contributed by atoms with van der Waals surface area (Å²) in [5.41, 5.74) is 0.673. The van der Waals surface area contributed by atoms with Gasteiger partial charge in [-0.3, -0.25) is 9.59 Å². The number of carbonyl (C=O) groups is 2. The topological polar surface area (TPSA) is 57.6 Å². The number of amides is 1. The van der Waals surface area contributed by atoms with Gasteiger partial charge in [0.2, 0.25) is 5.91 Å². The smallest absolute Gasteiger partial charge is 0.303 e. The number of aliphatic carboxylic acids is 1. The Morgan fingerprint density at radius 2 is 2.04 bits per heavy atom. The lowest BCUT2D eigenvalue weighted by atomic mass is 9.93.